The van der Waals surface area contributed by atoms with Crippen molar-refractivity contribution in [3.63, 3.8) is 0 Å². The summed E-state index contributed by atoms with van der Waals surface area (Å²) in [6.45, 7) is 6.61. The molecule has 2 nitrogen and oxygen atoms in total. The molecule has 0 saturated carbocycles. The molecule has 1 heterocycles. The molecular weight excluding hydrogens is 272 g/mol. The normalized spacial score (nSPS) is 19.9. The zero-order valence-corrected chi connectivity index (χ0v) is 12.8. The third-order valence-electron chi connectivity index (χ3n) is 4.22. The van der Waals surface area contributed by atoms with Crippen LogP contribution in [0.15, 0.2) is 18.2 Å². The van der Waals surface area contributed by atoms with Crippen LogP contribution >= 0.6 is 0 Å². The molecule has 4 heteroatoms. The van der Waals surface area contributed by atoms with Crippen LogP contribution < -0.4 is 0 Å². The fraction of sp³-hybridized carbons (Fsp3) is 0.647. The van der Waals surface area contributed by atoms with Crippen molar-refractivity contribution < 1.29 is 13.5 Å². The summed E-state index contributed by atoms with van der Waals surface area (Å²) in [4.78, 5) is 2.40. The Morgan fingerprint density at radius 2 is 2.05 bits per heavy atom. The highest BCUT2D eigenvalue weighted by atomic mass is 19.1. The van der Waals surface area contributed by atoms with Crippen LogP contribution in [0.2, 0.25) is 0 Å². The van der Waals surface area contributed by atoms with Gasteiger partial charge in [-0.15, -0.1) is 0 Å². The summed E-state index contributed by atoms with van der Waals surface area (Å²) in [5.41, 5.74) is 0.240. The van der Waals surface area contributed by atoms with E-state index in [-0.39, 0.29) is 5.56 Å². The second-order valence-corrected chi connectivity index (χ2v) is 5.74. The first kappa shape index (κ1) is 16.4. The zero-order chi connectivity index (χ0) is 15.1. The Labute approximate surface area is 126 Å². The summed E-state index contributed by atoms with van der Waals surface area (Å²) in [7, 11) is 0. The van der Waals surface area contributed by atoms with Gasteiger partial charge in [-0.2, -0.15) is 0 Å². The van der Waals surface area contributed by atoms with Crippen molar-refractivity contribution in [1.82, 2.24) is 4.90 Å². The summed E-state index contributed by atoms with van der Waals surface area (Å²) < 4.78 is 32.6. The standard InChI is InChI=1S/C17H25F2NO/c1-2-21-12-11-20-10-4-5-14(13-20)8-9-15-16(18)6-3-7-17(15)19/h3,6-7,14H,2,4-5,8-13H2,1H3/t14-/m1/s1. The molecule has 1 fully saturated rings. The summed E-state index contributed by atoms with van der Waals surface area (Å²) in [5.74, 6) is -0.308. The summed E-state index contributed by atoms with van der Waals surface area (Å²) in [6, 6.07) is 4.10. The van der Waals surface area contributed by atoms with E-state index in [2.05, 4.69) is 4.90 Å². The Morgan fingerprint density at radius 3 is 2.76 bits per heavy atom. The van der Waals surface area contributed by atoms with Gasteiger partial charge in [0.15, 0.2) is 0 Å². The van der Waals surface area contributed by atoms with Crippen LogP contribution in [0.1, 0.15) is 31.7 Å². The van der Waals surface area contributed by atoms with E-state index < -0.39 is 11.6 Å². The largest absolute Gasteiger partial charge is 0.380 e. The number of hydrogen-bond acceptors (Lipinski definition) is 2. The maximum atomic E-state index is 13.6. The molecule has 118 valence electrons. The van der Waals surface area contributed by atoms with Gasteiger partial charge in [0.05, 0.1) is 6.61 Å². The van der Waals surface area contributed by atoms with Crippen molar-refractivity contribution in [2.24, 2.45) is 5.92 Å². The Kier molecular flexibility index (Phi) is 6.58. The molecule has 1 aliphatic rings. The summed E-state index contributed by atoms with van der Waals surface area (Å²) in [5, 5.41) is 0. The van der Waals surface area contributed by atoms with Gasteiger partial charge in [-0.05, 0) is 57.2 Å². The predicted molar refractivity (Wildman–Crippen MR) is 80.3 cm³/mol. The maximum Gasteiger partial charge on any atom is 0.129 e. The molecule has 0 N–H and O–H groups in total. The number of nitrogens with zero attached hydrogens (tertiary/aromatic N) is 1. The van der Waals surface area contributed by atoms with Crippen molar-refractivity contribution in [2.45, 2.75) is 32.6 Å². The minimum Gasteiger partial charge on any atom is -0.380 e. The molecule has 21 heavy (non-hydrogen) atoms. The Bertz CT molecular complexity index is 419. The predicted octanol–water partition coefficient (Wildman–Crippen LogP) is 3.65. The SMILES string of the molecule is CCOCCN1CCC[C@H](CCc2c(F)cccc2F)C1. The lowest BCUT2D eigenvalue weighted by Gasteiger charge is -2.32. The van der Waals surface area contributed by atoms with Gasteiger partial charge in [0.2, 0.25) is 0 Å². The van der Waals surface area contributed by atoms with Gasteiger partial charge in [0, 0.05) is 25.3 Å². The molecule has 0 aliphatic carbocycles. The van der Waals surface area contributed by atoms with Gasteiger partial charge >= 0.3 is 0 Å². The molecule has 0 radical (unpaired) electrons. The Balaban J connectivity index is 1.80. The topological polar surface area (TPSA) is 12.5 Å². The fourth-order valence-electron chi connectivity index (χ4n) is 3.05. The summed E-state index contributed by atoms with van der Waals surface area (Å²) >= 11 is 0. The molecule has 0 unspecified atom stereocenters. The summed E-state index contributed by atoms with van der Waals surface area (Å²) in [6.07, 6.45) is 3.66. The Morgan fingerprint density at radius 1 is 1.29 bits per heavy atom. The molecule has 1 aliphatic heterocycles. The van der Waals surface area contributed by atoms with E-state index in [9.17, 15) is 8.78 Å². The average Bonchev–Trinajstić information content (AvgIpc) is 2.47. The minimum atomic E-state index is -0.418. The molecule has 0 amide bonds. The molecule has 1 aromatic carbocycles. The number of benzene rings is 1. The van der Waals surface area contributed by atoms with Gasteiger partial charge in [-0.1, -0.05) is 6.07 Å². The van der Waals surface area contributed by atoms with E-state index in [1.165, 1.54) is 18.2 Å². The highest BCUT2D eigenvalue weighted by molar-refractivity contribution is 5.19. The van der Waals surface area contributed by atoms with Crippen molar-refractivity contribution in [1.29, 1.82) is 0 Å². The lowest BCUT2D eigenvalue weighted by molar-refractivity contribution is 0.0903. The number of likely N-dealkylation sites (tertiary alicyclic amines) is 1. The van der Waals surface area contributed by atoms with Crippen LogP contribution in [0, 0.1) is 17.6 Å². The van der Waals surface area contributed by atoms with Gasteiger partial charge in [0.1, 0.15) is 11.6 Å². The van der Waals surface area contributed by atoms with E-state index in [1.807, 2.05) is 6.92 Å². The number of hydrogen-bond donors (Lipinski definition) is 0. The first-order valence-electron chi connectivity index (χ1n) is 7.93. The first-order chi connectivity index (χ1) is 10.2. The first-order valence-corrected chi connectivity index (χ1v) is 7.93. The van der Waals surface area contributed by atoms with Crippen LogP contribution in [0.4, 0.5) is 8.78 Å². The van der Waals surface area contributed by atoms with Gasteiger partial charge < -0.3 is 9.64 Å². The van der Waals surface area contributed by atoms with E-state index in [1.54, 1.807) is 0 Å². The number of ether oxygens (including phenoxy) is 1. The second kappa shape index (κ2) is 8.44. The molecule has 1 atom stereocenters. The monoisotopic (exact) mass is 297 g/mol. The number of rotatable bonds is 7. The van der Waals surface area contributed by atoms with Gasteiger partial charge in [0.25, 0.3) is 0 Å². The van der Waals surface area contributed by atoms with Crippen LogP contribution in [-0.2, 0) is 11.2 Å². The van der Waals surface area contributed by atoms with E-state index >= 15 is 0 Å². The smallest absolute Gasteiger partial charge is 0.129 e. The number of piperidine rings is 1. The van der Waals surface area contributed by atoms with E-state index in [0.717, 1.165) is 52.1 Å². The third kappa shape index (κ3) is 5.04. The van der Waals surface area contributed by atoms with Gasteiger partial charge in [-0.3, -0.25) is 0 Å². The number of halogens is 2. The van der Waals surface area contributed by atoms with Gasteiger partial charge in [-0.25, -0.2) is 8.78 Å². The van der Waals surface area contributed by atoms with Crippen molar-refractivity contribution in [3.8, 4) is 0 Å². The highest BCUT2D eigenvalue weighted by Gasteiger charge is 2.20. The lowest BCUT2D eigenvalue weighted by Crippen LogP contribution is -2.37. The molecule has 0 spiro atoms. The van der Waals surface area contributed by atoms with Crippen LogP contribution in [0.3, 0.4) is 0 Å². The third-order valence-corrected chi connectivity index (χ3v) is 4.22. The minimum absolute atomic E-state index is 0.240. The molecule has 2 rings (SSSR count). The molecule has 1 saturated heterocycles. The van der Waals surface area contributed by atoms with Crippen LogP contribution in [0.25, 0.3) is 0 Å². The van der Waals surface area contributed by atoms with Crippen LogP contribution in [-0.4, -0.2) is 37.7 Å². The Hall–Kier alpha value is -1.00. The van der Waals surface area contributed by atoms with Crippen molar-refractivity contribution in [2.75, 3.05) is 32.8 Å². The average molecular weight is 297 g/mol. The molecule has 1 aromatic rings. The molecule has 0 bridgehead atoms. The van der Waals surface area contributed by atoms with E-state index in [4.69, 9.17) is 4.74 Å². The molecular formula is C17H25F2NO. The van der Waals surface area contributed by atoms with Crippen LogP contribution in [0.5, 0.6) is 0 Å². The highest BCUT2D eigenvalue weighted by Crippen LogP contribution is 2.23. The van der Waals surface area contributed by atoms with Crippen molar-refractivity contribution >= 4 is 0 Å². The fourth-order valence-corrected chi connectivity index (χ4v) is 3.05. The maximum absolute atomic E-state index is 13.6. The zero-order valence-electron chi connectivity index (χ0n) is 12.8. The second-order valence-electron chi connectivity index (χ2n) is 5.74. The lowest BCUT2D eigenvalue weighted by atomic mass is 9.91. The van der Waals surface area contributed by atoms with Crippen molar-refractivity contribution in [3.05, 3.63) is 35.4 Å². The molecule has 0 aromatic heterocycles. The van der Waals surface area contributed by atoms with E-state index in [0.29, 0.717) is 12.3 Å². The quantitative estimate of drug-likeness (QED) is 0.712.